The fourth-order valence-corrected chi connectivity index (χ4v) is 2.47. The molecule has 0 spiro atoms. The number of para-hydroxylation sites is 1. The Kier molecular flexibility index (Phi) is 9.07. The highest BCUT2D eigenvalue weighted by molar-refractivity contribution is 9.10. The molecule has 0 unspecified atom stereocenters. The normalized spacial score (nSPS) is 10.1. The number of carbonyl (C=O) groups is 3. The number of benzene rings is 1. The second kappa shape index (κ2) is 10.8. The summed E-state index contributed by atoms with van der Waals surface area (Å²) in [7, 11) is 1.62. The molecule has 0 aliphatic heterocycles. The molecule has 0 saturated carbocycles. The molecule has 2 N–H and O–H groups in total. The van der Waals surface area contributed by atoms with Crippen LogP contribution in [0.3, 0.4) is 0 Å². The molecule has 7 heteroatoms. The molecule has 0 aliphatic carbocycles. The molecule has 6 nitrogen and oxygen atoms in total. The van der Waals surface area contributed by atoms with E-state index in [-0.39, 0.29) is 24.3 Å². The Bertz CT molecular complexity index is 578. The third-order valence-electron chi connectivity index (χ3n) is 3.40. The Balaban J connectivity index is 2.24. The Morgan fingerprint density at radius 2 is 1.83 bits per heavy atom. The Morgan fingerprint density at radius 1 is 1.12 bits per heavy atom. The molecule has 132 valence electrons. The van der Waals surface area contributed by atoms with Gasteiger partial charge in [0.15, 0.2) is 0 Å². The topological polar surface area (TPSA) is 78.5 Å². The lowest BCUT2D eigenvalue weighted by Gasteiger charge is -2.17. The van der Waals surface area contributed by atoms with E-state index < -0.39 is 0 Å². The lowest BCUT2D eigenvalue weighted by molar-refractivity contribution is -0.133. The van der Waals surface area contributed by atoms with Gasteiger partial charge in [-0.25, -0.2) is 0 Å². The number of hydrogen-bond donors (Lipinski definition) is 2. The minimum Gasteiger partial charge on any atom is -0.356 e. The van der Waals surface area contributed by atoms with Gasteiger partial charge >= 0.3 is 0 Å². The molecule has 0 atom stereocenters. The van der Waals surface area contributed by atoms with Crippen LogP contribution in [0.15, 0.2) is 28.7 Å². The maximum atomic E-state index is 12.0. The number of carbonyl (C=O) groups excluding carboxylic acids is 3. The summed E-state index contributed by atoms with van der Waals surface area (Å²) in [5.74, 6) is -0.331. The standard InChI is InChI=1S/C17H24BrN3O3/c1-13(22)19-11-7-3-4-10-17(24)21(2)12-16(23)20-15-9-6-5-8-14(15)18/h5-6,8-9H,3-4,7,10-12H2,1-2H3,(H,19,22)(H,20,23). The predicted octanol–water partition coefficient (Wildman–Crippen LogP) is 2.54. The molecule has 24 heavy (non-hydrogen) atoms. The number of anilines is 1. The third kappa shape index (κ3) is 8.10. The smallest absolute Gasteiger partial charge is 0.244 e. The van der Waals surface area contributed by atoms with Crippen LogP contribution in [0, 0.1) is 0 Å². The van der Waals surface area contributed by atoms with Crippen molar-refractivity contribution < 1.29 is 14.4 Å². The summed E-state index contributed by atoms with van der Waals surface area (Å²) in [5, 5.41) is 5.49. The number of rotatable bonds is 9. The molecule has 0 fully saturated rings. The van der Waals surface area contributed by atoms with Gasteiger partial charge in [0, 0.05) is 31.4 Å². The Hall–Kier alpha value is -1.89. The van der Waals surface area contributed by atoms with Crippen molar-refractivity contribution in [2.45, 2.75) is 32.6 Å². The van der Waals surface area contributed by atoms with Crippen molar-refractivity contribution in [3.05, 3.63) is 28.7 Å². The van der Waals surface area contributed by atoms with Crippen LogP contribution >= 0.6 is 15.9 Å². The molecule has 0 radical (unpaired) electrons. The number of hydrogen-bond acceptors (Lipinski definition) is 3. The van der Waals surface area contributed by atoms with Crippen molar-refractivity contribution in [3.8, 4) is 0 Å². The van der Waals surface area contributed by atoms with Crippen molar-refractivity contribution in [2.24, 2.45) is 0 Å². The van der Waals surface area contributed by atoms with Crippen LogP contribution in [0.1, 0.15) is 32.6 Å². The highest BCUT2D eigenvalue weighted by Gasteiger charge is 2.13. The van der Waals surface area contributed by atoms with Crippen molar-refractivity contribution in [1.82, 2.24) is 10.2 Å². The van der Waals surface area contributed by atoms with Gasteiger partial charge in [-0.2, -0.15) is 0 Å². The van der Waals surface area contributed by atoms with Gasteiger partial charge in [-0.15, -0.1) is 0 Å². The molecule has 3 amide bonds. The first-order chi connectivity index (χ1) is 11.4. The minimum absolute atomic E-state index is 0.0199. The molecule has 1 aromatic carbocycles. The van der Waals surface area contributed by atoms with E-state index in [1.54, 1.807) is 13.1 Å². The van der Waals surface area contributed by atoms with Crippen molar-refractivity contribution >= 4 is 39.3 Å². The van der Waals surface area contributed by atoms with E-state index in [4.69, 9.17) is 0 Å². The Morgan fingerprint density at radius 3 is 2.50 bits per heavy atom. The maximum absolute atomic E-state index is 12.0. The number of amides is 3. The largest absolute Gasteiger partial charge is 0.356 e. The minimum atomic E-state index is -0.233. The first kappa shape index (κ1) is 20.2. The lowest BCUT2D eigenvalue weighted by atomic mass is 10.2. The zero-order chi connectivity index (χ0) is 17.9. The Labute approximate surface area is 151 Å². The van der Waals surface area contributed by atoms with E-state index in [0.29, 0.717) is 18.7 Å². The van der Waals surface area contributed by atoms with Crippen LogP contribution in [0.25, 0.3) is 0 Å². The average Bonchev–Trinajstić information content (AvgIpc) is 2.52. The summed E-state index contributed by atoms with van der Waals surface area (Å²) in [4.78, 5) is 36.1. The average molecular weight is 398 g/mol. The van der Waals surface area contributed by atoms with Crippen molar-refractivity contribution in [2.75, 3.05) is 25.5 Å². The van der Waals surface area contributed by atoms with Gasteiger partial charge in [0.25, 0.3) is 0 Å². The van der Waals surface area contributed by atoms with Gasteiger partial charge in [-0.05, 0) is 40.9 Å². The van der Waals surface area contributed by atoms with Crippen molar-refractivity contribution in [1.29, 1.82) is 0 Å². The summed E-state index contributed by atoms with van der Waals surface area (Å²) in [6, 6.07) is 7.32. The van der Waals surface area contributed by atoms with Crippen LogP contribution in [-0.4, -0.2) is 42.8 Å². The molecule has 1 aromatic rings. The summed E-state index contributed by atoms with van der Waals surface area (Å²) < 4.78 is 0.798. The molecule has 0 aliphatic rings. The van der Waals surface area contributed by atoms with Gasteiger partial charge < -0.3 is 15.5 Å². The van der Waals surface area contributed by atoms with Gasteiger partial charge in [-0.3, -0.25) is 14.4 Å². The molecule has 0 bridgehead atoms. The van der Waals surface area contributed by atoms with Crippen LogP contribution in [0.2, 0.25) is 0 Å². The van der Waals surface area contributed by atoms with Crippen LogP contribution in [0.5, 0.6) is 0 Å². The van der Waals surface area contributed by atoms with Gasteiger partial charge in [0.05, 0.1) is 12.2 Å². The van der Waals surface area contributed by atoms with E-state index in [2.05, 4.69) is 26.6 Å². The van der Waals surface area contributed by atoms with Crippen LogP contribution in [-0.2, 0) is 14.4 Å². The first-order valence-corrected chi connectivity index (χ1v) is 8.72. The number of nitrogens with zero attached hydrogens (tertiary/aromatic N) is 1. The number of unbranched alkanes of at least 4 members (excludes halogenated alkanes) is 2. The first-order valence-electron chi connectivity index (χ1n) is 7.93. The van der Waals surface area contributed by atoms with Gasteiger partial charge in [0.2, 0.25) is 17.7 Å². The summed E-state index contributed by atoms with van der Waals surface area (Å²) in [6.45, 7) is 2.14. The monoisotopic (exact) mass is 397 g/mol. The molecular weight excluding hydrogens is 374 g/mol. The quantitative estimate of drug-likeness (QED) is 0.628. The van der Waals surface area contributed by atoms with Crippen LogP contribution < -0.4 is 10.6 Å². The highest BCUT2D eigenvalue weighted by Crippen LogP contribution is 2.20. The molecule has 0 heterocycles. The second-order valence-electron chi connectivity index (χ2n) is 5.57. The number of nitrogens with one attached hydrogen (secondary N) is 2. The fraction of sp³-hybridized carbons (Fsp3) is 0.471. The van der Waals surface area contributed by atoms with E-state index >= 15 is 0 Å². The van der Waals surface area contributed by atoms with Crippen LogP contribution in [0.4, 0.5) is 5.69 Å². The zero-order valence-electron chi connectivity index (χ0n) is 14.1. The highest BCUT2D eigenvalue weighted by atomic mass is 79.9. The number of halogens is 1. The van der Waals surface area contributed by atoms with Gasteiger partial charge in [-0.1, -0.05) is 18.6 Å². The molecular formula is C17H24BrN3O3. The maximum Gasteiger partial charge on any atom is 0.244 e. The van der Waals surface area contributed by atoms with E-state index in [1.807, 2.05) is 18.2 Å². The second-order valence-corrected chi connectivity index (χ2v) is 6.43. The zero-order valence-corrected chi connectivity index (χ0v) is 15.7. The van der Waals surface area contributed by atoms with Gasteiger partial charge in [0.1, 0.15) is 0 Å². The lowest BCUT2D eigenvalue weighted by Crippen LogP contribution is -2.34. The summed E-state index contributed by atoms with van der Waals surface area (Å²) >= 11 is 3.36. The van der Waals surface area contributed by atoms with E-state index in [1.165, 1.54) is 11.8 Å². The number of likely N-dealkylation sites (N-methyl/N-ethyl adjacent to an activating group) is 1. The van der Waals surface area contributed by atoms with E-state index in [9.17, 15) is 14.4 Å². The predicted molar refractivity (Wildman–Crippen MR) is 97.6 cm³/mol. The summed E-state index contributed by atoms with van der Waals surface area (Å²) in [6.07, 6.45) is 2.86. The molecule has 1 rings (SSSR count). The molecule has 0 saturated heterocycles. The molecule has 0 aromatic heterocycles. The third-order valence-corrected chi connectivity index (χ3v) is 4.09. The van der Waals surface area contributed by atoms with E-state index in [0.717, 1.165) is 23.7 Å². The fourth-order valence-electron chi connectivity index (χ4n) is 2.09. The van der Waals surface area contributed by atoms with Crippen molar-refractivity contribution in [3.63, 3.8) is 0 Å². The summed E-state index contributed by atoms with van der Waals surface area (Å²) in [5.41, 5.74) is 0.682. The SMILES string of the molecule is CC(=O)NCCCCCC(=O)N(C)CC(=O)Nc1ccccc1Br.